The van der Waals surface area contributed by atoms with Crippen LogP contribution in [-0.4, -0.2) is 7.05 Å². The van der Waals surface area contributed by atoms with Crippen molar-refractivity contribution in [3.8, 4) is 0 Å². The van der Waals surface area contributed by atoms with Crippen LogP contribution in [0.2, 0.25) is 0 Å². The first-order valence-electron chi connectivity index (χ1n) is 5.45. The molecule has 0 amide bonds. The Morgan fingerprint density at radius 2 is 1.56 bits per heavy atom. The molecule has 2 rings (SSSR count). The summed E-state index contributed by atoms with van der Waals surface area (Å²) in [5.41, 5.74) is 2.72. The number of anilines is 1. The summed E-state index contributed by atoms with van der Waals surface area (Å²) in [5, 5.41) is 14.1. The van der Waals surface area contributed by atoms with Crippen molar-refractivity contribution in [1.29, 1.82) is 0 Å². The predicted octanol–water partition coefficient (Wildman–Crippen LogP) is 4.54. The number of hydrogen-bond acceptors (Lipinski definition) is 5. The molecular weight excluding hydrogens is 228 g/mol. The molecule has 0 spiro atoms. The zero-order valence-corrected chi connectivity index (χ0v) is 9.87. The lowest BCUT2D eigenvalue weighted by Gasteiger charge is -2.02. The summed E-state index contributed by atoms with van der Waals surface area (Å²) in [7, 11) is 1.83. The van der Waals surface area contributed by atoms with Crippen molar-refractivity contribution in [2.45, 2.75) is 0 Å². The largest absolute Gasteiger partial charge is 0.386 e. The van der Waals surface area contributed by atoms with E-state index in [1.165, 1.54) is 0 Å². The minimum absolute atomic E-state index is 0.379. The summed E-state index contributed by atoms with van der Waals surface area (Å²) in [6.45, 7) is 0. The second-order valence-electron chi connectivity index (χ2n) is 3.57. The highest BCUT2D eigenvalue weighted by Crippen LogP contribution is 2.26. The van der Waals surface area contributed by atoms with Gasteiger partial charge in [0, 0.05) is 7.05 Å². The van der Waals surface area contributed by atoms with Crippen LogP contribution in [0.5, 0.6) is 0 Å². The number of hydrogen-bond donors (Lipinski definition) is 1. The predicted molar refractivity (Wildman–Crippen MR) is 72.1 cm³/mol. The van der Waals surface area contributed by atoms with Gasteiger partial charge in [0.1, 0.15) is 11.4 Å². The minimum atomic E-state index is 0.379. The van der Waals surface area contributed by atoms with Gasteiger partial charge in [-0.15, -0.1) is 10.0 Å². The molecule has 18 heavy (non-hydrogen) atoms. The molecule has 5 nitrogen and oxygen atoms in total. The van der Waals surface area contributed by atoms with Crippen molar-refractivity contribution in [3.05, 3.63) is 53.4 Å². The second-order valence-corrected chi connectivity index (χ2v) is 3.57. The number of rotatable bonds is 4. The van der Waals surface area contributed by atoms with E-state index in [9.17, 15) is 4.91 Å². The molecule has 0 unspecified atom stereocenters. The molecule has 0 fully saturated rings. The Labute approximate surface area is 105 Å². The van der Waals surface area contributed by atoms with Crippen LogP contribution >= 0.6 is 0 Å². The Bertz CT molecular complexity index is 563. The molecule has 0 bridgehead atoms. The molecule has 0 aliphatic heterocycles. The molecule has 0 aliphatic rings. The molecule has 0 aliphatic carbocycles. The number of benzene rings is 2. The fourth-order valence-electron chi connectivity index (χ4n) is 1.46. The van der Waals surface area contributed by atoms with Gasteiger partial charge < -0.3 is 5.32 Å². The third-order valence-corrected chi connectivity index (χ3v) is 2.40. The Balaban J connectivity index is 2.21. The smallest absolute Gasteiger partial charge is 0.109 e. The average Bonchev–Trinajstić information content (AvgIpc) is 2.46. The molecule has 0 heterocycles. The van der Waals surface area contributed by atoms with Crippen LogP contribution in [0.15, 0.2) is 63.9 Å². The molecule has 0 aromatic heterocycles. The van der Waals surface area contributed by atoms with Gasteiger partial charge in [-0.2, -0.15) is 5.11 Å². The average molecular weight is 240 g/mol. The lowest BCUT2D eigenvalue weighted by Crippen LogP contribution is -1.86. The summed E-state index contributed by atoms with van der Waals surface area (Å²) in [6, 6.07) is 14.2. The first kappa shape index (κ1) is 11.9. The van der Waals surface area contributed by atoms with E-state index in [0.29, 0.717) is 11.4 Å². The molecular formula is C13H12N4O. The Morgan fingerprint density at radius 1 is 0.889 bits per heavy atom. The second kappa shape index (κ2) is 5.67. The van der Waals surface area contributed by atoms with Crippen LogP contribution < -0.4 is 5.32 Å². The van der Waals surface area contributed by atoms with E-state index in [1.807, 2.05) is 31.3 Å². The molecule has 0 saturated heterocycles. The number of nitrogens with one attached hydrogen (secondary N) is 1. The van der Waals surface area contributed by atoms with Crippen LogP contribution in [0, 0.1) is 4.91 Å². The normalized spacial score (nSPS) is 10.5. The molecule has 1 N–H and O–H groups in total. The van der Waals surface area contributed by atoms with Crippen molar-refractivity contribution in [2.75, 3.05) is 12.4 Å². The highest BCUT2D eigenvalue weighted by atomic mass is 16.3. The van der Waals surface area contributed by atoms with Gasteiger partial charge in [0.15, 0.2) is 0 Å². The maximum Gasteiger partial charge on any atom is 0.109 e. The SMILES string of the molecule is CNc1ccccc1N=Nc1ccc(N=O)cc1. The number of nitrogens with zero attached hydrogens (tertiary/aromatic N) is 3. The number of para-hydroxylation sites is 1. The zero-order chi connectivity index (χ0) is 12.8. The van der Waals surface area contributed by atoms with Gasteiger partial charge in [0.05, 0.1) is 11.4 Å². The van der Waals surface area contributed by atoms with Crippen LogP contribution in [-0.2, 0) is 0 Å². The Hall–Kier alpha value is -2.56. The van der Waals surface area contributed by atoms with Crippen LogP contribution in [0.1, 0.15) is 0 Å². The maximum absolute atomic E-state index is 10.3. The number of nitroso groups, excluding NO2 is 1. The summed E-state index contributed by atoms with van der Waals surface area (Å²) >= 11 is 0. The van der Waals surface area contributed by atoms with Crippen molar-refractivity contribution in [3.63, 3.8) is 0 Å². The van der Waals surface area contributed by atoms with Crippen LogP contribution in [0.3, 0.4) is 0 Å². The lowest BCUT2D eigenvalue weighted by atomic mass is 10.3. The van der Waals surface area contributed by atoms with Gasteiger partial charge >= 0.3 is 0 Å². The Kier molecular flexibility index (Phi) is 3.76. The van der Waals surface area contributed by atoms with E-state index < -0.39 is 0 Å². The van der Waals surface area contributed by atoms with E-state index >= 15 is 0 Å². The fourth-order valence-corrected chi connectivity index (χ4v) is 1.46. The summed E-state index contributed by atoms with van der Waals surface area (Å²) in [5.74, 6) is 0. The van der Waals surface area contributed by atoms with E-state index in [1.54, 1.807) is 24.3 Å². The molecule has 2 aromatic rings. The quantitative estimate of drug-likeness (QED) is 0.629. The zero-order valence-electron chi connectivity index (χ0n) is 9.87. The van der Waals surface area contributed by atoms with Crippen molar-refractivity contribution >= 4 is 22.7 Å². The van der Waals surface area contributed by atoms with E-state index in [0.717, 1.165) is 11.4 Å². The monoisotopic (exact) mass is 240 g/mol. The highest BCUT2D eigenvalue weighted by Gasteiger charge is 1.97. The van der Waals surface area contributed by atoms with Gasteiger partial charge in [-0.25, -0.2) is 0 Å². The first-order chi connectivity index (χ1) is 8.83. The van der Waals surface area contributed by atoms with Crippen LogP contribution in [0.4, 0.5) is 22.7 Å². The van der Waals surface area contributed by atoms with Gasteiger partial charge in [0.25, 0.3) is 0 Å². The standard InChI is InChI=1S/C13H12N4O/c1-14-12-4-2-3-5-13(12)16-15-10-6-8-11(17-18)9-7-10/h2-9,14H,1H3. The fraction of sp³-hybridized carbons (Fsp3) is 0.0769. The summed E-state index contributed by atoms with van der Waals surface area (Å²) in [6.07, 6.45) is 0. The molecule has 0 saturated carbocycles. The van der Waals surface area contributed by atoms with Gasteiger partial charge in [-0.3, -0.25) is 0 Å². The summed E-state index contributed by atoms with van der Waals surface area (Å²) < 4.78 is 0. The van der Waals surface area contributed by atoms with Gasteiger partial charge in [-0.1, -0.05) is 12.1 Å². The topological polar surface area (TPSA) is 66.2 Å². The third kappa shape index (κ3) is 2.76. The van der Waals surface area contributed by atoms with Crippen LogP contribution in [0.25, 0.3) is 0 Å². The van der Waals surface area contributed by atoms with Crippen molar-refractivity contribution in [1.82, 2.24) is 0 Å². The molecule has 2 aromatic carbocycles. The lowest BCUT2D eigenvalue weighted by molar-refractivity contribution is 1.23. The molecule has 5 heteroatoms. The minimum Gasteiger partial charge on any atom is -0.386 e. The van der Waals surface area contributed by atoms with E-state index in [-0.39, 0.29) is 0 Å². The molecule has 0 radical (unpaired) electrons. The van der Waals surface area contributed by atoms with Crippen molar-refractivity contribution in [2.24, 2.45) is 15.4 Å². The first-order valence-corrected chi connectivity index (χ1v) is 5.45. The summed E-state index contributed by atoms with van der Waals surface area (Å²) in [4.78, 5) is 10.3. The van der Waals surface area contributed by atoms with Crippen molar-refractivity contribution < 1.29 is 0 Å². The third-order valence-electron chi connectivity index (χ3n) is 2.40. The highest BCUT2D eigenvalue weighted by molar-refractivity contribution is 5.64. The van der Waals surface area contributed by atoms with E-state index in [2.05, 4.69) is 20.7 Å². The maximum atomic E-state index is 10.3. The Morgan fingerprint density at radius 3 is 2.22 bits per heavy atom. The number of azo groups is 1. The van der Waals surface area contributed by atoms with Gasteiger partial charge in [-0.05, 0) is 41.6 Å². The van der Waals surface area contributed by atoms with Gasteiger partial charge in [0.2, 0.25) is 0 Å². The molecule has 0 atom stereocenters. The molecule has 90 valence electrons. The van der Waals surface area contributed by atoms with E-state index in [4.69, 9.17) is 0 Å².